The van der Waals surface area contributed by atoms with Crippen molar-refractivity contribution >= 4 is 17.6 Å². The molecule has 2 aliphatic carbocycles. The van der Waals surface area contributed by atoms with Crippen LogP contribution in [0.1, 0.15) is 34.6 Å². The fraction of sp³-hybridized carbons (Fsp3) is 0.348. The van der Waals surface area contributed by atoms with Gasteiger partial charge in [0.15, 0.2) is 0 Å². The van der Waals surface area contributed by atoms with Gasteiger partial charge in [-0.25, -0.2) is 14.9 Å². The van der Waals surface area contributed by atoms with Crippen molar-refractivity contribution in [2.24, 2.45) is 16.1 Å². The van der Waals surface area contributed by atoms with Crippen LogP contribution in [0.25, 0.3) is 11.1 Å². The van der Waals surface area contributed by atoms with Crippen molar-refractivity contribution in [3.05, 3.63) is 69.8 Å². The Balaban J connectivity index is 1.53. The molecule has 0 radical (unpaired) electrons. The number of rotatable bonds is 1. The Bertz CT molecular complexity index is 1250. The van der Waals surface area contributed by atoms with E-state index in [9.17, 15) is 0 Å². The topological polar surface area (TPSA) is 89.8 Å². The van der Waals surface area contributed by atoms with E-state index in [2.05, 4.69) is 28.3 Å². The van der Waals surface area contributed by atoms with E-state index < -0.39 is 5.72 Å². The van der Waals surface area contributed by atoms with E-state index in [4.69, 9.17) is 31.7 Å². The van der Waals surface area contributed by atoms with Crippen molar-refractivity contribution in [1.29, 1.82) is 0 Å². The fourth-order valence-electron chi connectivity index (χ4n) is 5.47. The Morgan fingerprint density at radius 3 is 2.81 bits per heavy atom. The zero-order chi connectivity index (χ0) is 21.4. The third-order valence-electron chi connectivity index (χ3n) is 7.05. The van der Waals surface area contributed by atoms with Gasteiger partial charge in [-0.3, -0.25) is 4.98 Å². The maximum Gasteiger partial charge on any atom is 0.221 e. The minimum atomic E-state index is -0.884. The van der Waals surface area contributed by atoms with Crippen LogP contribution >= 0.6 is 11.6 Å². The second-order valence-corrected chi connectivity index (χ2v) is 9.20. The minimum absolute atomic E-state index is 0.265. The lowest BCUT2D eigenvalue weighted by atomic mass is 9.66. The summed E-state index contributed by atoms with van der Waals surface area (Å²) in [6.07, 6.45) is 6.80. The van der Waals surface area contributed by atoms with Gasteiger partial charge in [-0.05, 0) is 55.9 Å². The number of guanidine groups is 1. The molecule has 0 saturated carbocycles. The van der Waals surface area contributed by atoms with Crippen molar-refractivity contribution in [3.63, 3.8) is 0 Å². The largest absolute Gasteiger partial charge is 0.368 e. The smallest absolute Gasteiger partial charge is 0.221 e. The van der Waals surface area contributed by atoms with E-state index in [0.29, 0.717) is 11.0 Å². The quantitative estimate of drug-likeness (QED) is 0.625. The van der Waals surface area contributed by atoms with Crippen molar-refractivity contribution < 1.29 is 9.36 Å². The van der Waals surface area contributed by atoms with E-state index in [1.807, 2.05) is 26.2 Å². The van der Waals surface area contributed by atoms with Crippen LogP contribution in [0.5, 0.6) is 0 Å². The number of aryl methyl sites for hydroxylation is 2. The number of aromatic nitrogens is 2. The van der Waals surface area contributed by atoms with Gasteiger partial charge < -0.3 is 10.3 Å². The first-order valence-corrected chi connectivity index (χ1v) is 10.8. The van der Waals surface area contributed by atoms with Crippen LogP contribution < -0.4 is 5.73 Å². The molecule has 1 aromatic carbocycles. The van der Waals surface area contributed by atoms with Gasteiger partial charge in [0.2, 0.25) is 11.7 Å². The van der Waals surface area contributed by atoms with Crippen LogP contribution in [0, 0.1) is 12.3 Å². The number of benzene rings is 1. The molecule has 3 aliphatic rings. The van der Waals surface area contributed by atoms with E-state index in [1.165, 1.54) is 11.1 Å². The number of hydroxylamine groups is 2. The first kappa shape index (κ1) is 18.8. The Kier molecular flexibility index (Phi) is 3.83. The molecule has 0 fully saturated rings. The minimum Gasteiger partial charge on any atom is -0.368 e. The zero-order valence-corrected chi connectivity index (χ0v) is 18.1. The molecule has 2 N–H and O–H groups in total. The number of hydrogen-bond donors (Lipinski definition) is 1. The third-order valence-corrected chi connectivity index (χ3v) is 7.25. The number of fused-ring (bicyclic) bond motifs is 4. The normalized spacial score (nSPS) is 26.4. The molecule has 3 aromatic rings. The van der Waals surface area contributed by atoms with Gasteiger partial charge in [0.1, 0.15) is 5.76 Å². The van der Waals surface area contributed by atoms with Gasteiger partial charge in [-0.15, -0.1) is 0 Å². The van der Waals surface area contributed by atoms with Gasteiger partial charge in [0, 0.05) is 41.5 Å². The zero-order valence-electron chi connectivity index (χ0n) is 17.4. The molecule has 0 saturated heterocycles. The first-order valence-electron chi connectivity index (χ1n) is 10.4. The molecular formula is C23H22ClN5O2. The van der Waals surface area contributed by atoms with Gasteiger partial charge in [-0.2, -0.15) is 0 Å². The maximum atomic E-state index is 6.50. The highest BCUT2D eigenvalue weighted by atomic mass is 35.5. The lowest BCUT2D eigenvalue weighted by molar-refractivity contribution is -0.224. The highest BCUT2D eigenvalue weighted by molar-refractivity contribution is 6.30. The Morgan fingerprint density at radius 1 is 1.16 bits per heavy atom. The van der Waals surface area contributed by atoms with Crippen LogP contribution in [0.3, 0.4) is 0 Å². The first-order chi connectivity index (χ1) is 14.9. The SMILES string of the molecule is Cc1onc2c1CC1(CC2)Cc2ccc(-c3cncc(Cl)c3)cc2C12N=C(N)N(C)O2. The molecular weight excluding hydrogens is 414 g/mol. The Labute approximate surface area is 184 Å². The molecule has 2 atom stereocenters. The molecule has 6 rings (SSSR count). The van der Waals surface area contributed by atoms with Gasteiger partial charge in [-0.1, -0.05) is 28.9 Å². The van der Waals surface area contributed by atoms with Crippen LogP contribution in [0.15, 0.2) is 46.2 Å². The summed E-state index contributed by atoms with van der Waals surface area (Å²) >= 11 is 6.19. The summed E-state index contributed by atoms with van der Waals surface area (Å²) in [5, 5.41) is 6.45. The molecule has 1 aliphatic heterocycles. The van der Waals surface area contributed by atoms with Gasteiger partial charge >= 0.3 is 0 Å². The summed E-state index contributed by atoms with van der Waals surface area (Å²) in [7, 11) is 1.81. The highest BCUT2D eigenvalue weighted by Crippen LogP contribution is 2.61. The summed E-state index contributed by atoms with van der Waals surface area (Å²) in [6.45, 7) is 1.98. The average molecular weight is 436 g/mol. The number of hydrogen-bond acceptors (Lipinski definition) is 7. The molecule has 0 amide bonds. The summed E-state index contributed by atoms with van der Waals surface area (Å²) in [5.41, 5.74) is 11.6. The molecule has 8 heteroatoms. The average Bonchev–Trinajstić information content (AvgIpc) is 3.35. The Hall–Kier alpha value is -2.90. The molecule has 7 nitrogen and oxygen atoms in total. The predicted octanol–water partition coefficient (Wildman–Crippen LogP) is 3.77. The maximum absolute atomic E-state index is 6.50. The summed E-state index contributed by atoms with van der Waals surface area (Å²) < 4.78 is 5.50. The molecule has 2 aromatic heterocycles. The van der Waals surface area contributed by atoms with Crippen LogP contribution in [-0.4, -0.2) is 28.2 Å². The van der Waals surface area contributed by atoms with E-state index in [0.717, 1.165) is 53.8 Å². The van der Waals surface area contributed by atoms with E-state index in [-0.39, 0.29) is 5.41 Å². The van der Waals surface area contributed by atoms with Crippen molar-refractivity contribution in [2.45, 2.75) is 38.3 Å². The predicted molar refractivity (Wildman–Crippen MR) is 116 cm³/mol. The second kappa shape index (κ2) is 6.31. The lowest BCUT2D eigenvalue weighted by Gasteiger charge is -2.43. The van der Waals surface area contributed by atoms with Crippen molar-refractivity contribution in [3.8, 4) is 11.1 Å². The highest BCUT2D eigenvalue weighted by Gasteiger charge is 2.64. The second-order valence-electron chi connectivity index (χ2n) is 8.76. The van der Waals surface area contributed by atoms with E-state index in [1.54, 1.807) is 11.3 Å². The number of nitrogens with two attached hydrogens (primary N) is 1. The molecule has 3 heterocycles. The van der Waals surface area contributed by atoms with Gasteiger partial charge in [0.05, 0.1) is 10.7 Å². The third kappa shape index (κ3) is 2.53. The lowest BCUT2D eigenvalue weighted by Crippen LogP contribution is -2.47. The number of pyridine rings is 1. The molecule has 2 spiro atoms. The summed E-state index contributed by atoms with van der Waals surface area (Å²) in [6, 6.07) is 8.36. The Morgan fingerprint density at radius 2 is 2.03 bits per heavy atom. The van der Waals surface area contributed by atoms with Crippen molar-refractivity contribution in [2.75, 3.05) is 7.05 Å². The molecule has 31 heavy (non-hydrogen) atoms. The molecule has 2 unspecified atom stereocenters. The molecule has 158 valence electrons. The van der Waals surface area contributed by atoms with E-state index >= 15 is 0 Å². The standard InChI is InChI=1S/C23H22ClN5O2/c1-13-18-10-22(6-5-20(18)28-30-13)9-15-4-3-14(16-7-17(24)12-26-11-16)8-19(15)23(22)27-21(25)29(2)31-23/h3-4,7-8,11-12H,5-6,9-10H2,1-2H3,(H2,25,27). The van der Waals surface area contributed by atoms with Crippen molar-refractivity contribution in [1.82, 2.24) is 15.2 Å². The van der Waals surface area contributed by atoms with Crippen LogP contribution in [-0.2, 0) is 29.8 Å². The summed E-state index contributed by atoms with van der Waals surface area (Å²) in [5.74, 6) is 1.25. The number of aliphatic imine (C=N–C) groups is 1. The summed E-state index contributed by atoms with van der Waals surface area (Å²) in [4.78, 5) is 15.7. The fourth-order valence-corrected chi connectivity index (χ4v) is 5.65. The monoisotopic (exact) mass is 435 g/mol. The van der Waals surface area contributed by atoms with Crippen LogP contribution in [0.4, 0.5) is 0 Å². The van der Waals surface area contributed by atoms with Gasteiger partial charge in [0.25, 0.3) is 0 Å². The number of halogens is 1. The molecule has 0 bridgehead atoms. The van der Waals surface area contributed by atoms with Crippen LogP contribution in [0.2, 0.25) is 5.02 Å². The number of nitrogens with zero attached hydrogens (tertiary/aromatic N) is 4.